The van der Waals surface area contributed by atoms with Gasteiger partial charge in [0.05, 0.1) is 5.69 Å². The largest absolute Gasteiger partial charge is 0.325 e. The molecule has 4 amide bonds. The number of hydrogen-bond donors (Lipinski definition) is 2. The zero-order chi connectivity index (χ0) is 20.3. The number of amides is 4. The van der Waals surface area contributed by atoms with Crippen molar-refractivity contribution in [2.75, 3.05) is 25.0 Å². The monoisotopic (exact) mass is 407 g/mol. The van der Waals surface area contributed by atoms with Gasteiger partial charge < -0.3 is 10.6 Å². The second kappa shape index (κ2) is 8.57. The van der Waals surface area contributed by atoms with Crippen molar-refractivity contribution >= 4 is 34.3 Å². The first-order chi connectivity index (χ1) is 13.2. The van der Waals surface area contributed by atoms with Crippen molar-refractivity contribution in [1.82, 2.24) is 20.1 Å². The smallest absolute Gasteiger partial charge is 0.324 e. The minimum Gasteiger partial charge on any atom is -0.324 e. The standard InChI is InChI=1S/C19H29N5O3S/c1-13-6-9-23(10-7-13)11-14-12-28-17(20-14)21-15(25)5-4-8-24-16(26)19(2,3)22-18(24)27/h12-13H,4-11H2,1-3H3,(H,22,27)(H,20,21,25). The predicted octanol–water partition coefficient (Wildman–Crippen LogP) is 2.42. The molecule has 0 aromatic carbocycles. The Morgan fingerprint density at radius 1 is 1.36 bits per heavy atom. The molecule has 3 heterocycles. The third kappa shape index (κ3) is 5.08. The van der Waals surface area contributed by atoms with Crippen molar-refractivity contribution in [2.45, 2.75) is 58.5 Å². The first-order valence-electron chi connectivity index (χ1n) is 9.85. The number of aromatic nitrogens is 1. The van der Waals surface area contributed by atoms with Gasteiger partial charge in [-0.3, -0.25) is 19.4 Å². The molecule has 0 saturated carbocycles. The summed E-state index contributed by atoms with van der Waals surface area (Å²) in [5.41, 5.74) is 0.111. The van der Waals surface area contributed by atoms with Crippen molar-refractivity contribution in [2.24, 2.45) is 5.92 Å². The molecule has 2 saturated heterocycles. The van der Waals surface area contributed by atoms with Gasteiger partial charge >= 0.3 is 6.03 Å². The van der Waals surface area contributed by atoms with Gasteiger partial charge in [0.2, 0.25) is 5.91 Å². The molecule has 0 spiro atoms. The summed E-state index contributed by atoms with van der Waals surface area (Å²) in [6.45, 7) is 8.88. The van der Waals surface area contributed by atoms with Crippen LogP contribution in [0.3, 0.4) is 0 Å². The molecule has 154 valence electrons. The van der Waals surface area contributed by atoms with Gasteiger partial charge in [0.25, 0.3) is 5.91 Å². The number of anilines is 1. The van der Waals surface area contributed by atoms with Crippen molar-refractivity contribution in [3.8, 4) is 0 Å². The van der Waals surface area contributed by atoms with E-state index in [0.717, 1.165) is 31.2 Å². The lowest BCUT2D eigenvalue weighted by molar-refractivity contribution is -0.130. The van der Waals surface area contributed by atoms with E-state index in [4.69, 9.17) is 0 Å². The number of urea groups is 1. The van der Waals surface area contributed by atoms with E-state index in [1.165, 1.54) is 29.1 Å². The summed E-state index contributed by atoms with van der Waals surface area (Å²) < 4.78 is 0. The van der Waals surface area contributed by atoms with Crippen molar-refractivity contribution in [3.63, 3.8) is 0 Å². The van der Waals surface area contributed by atoms with Crippen LogP contribution in [0.2, 0.25) is 0 Å². The number of carbonyl (C=O) groups is 3. The van der Waals surface area contributed by atoms with Crippen LogP contribution in [0, 0.1) is 5.92 Å². The third-order valence-corrected chi connectivity index (χ3v) is 6.10. The van der Waals surface area contributed by atoms with Crippen LogP contribution in [0.15, 0.2) is 5.38 Å². The molecule has 2 fully saturated rings. The molecule has 0 atom stereocenters. The average molecular weight is 408 g/mol. The van der Waals surface area contributed by atoms with Gasteiger partial charge in [-0.2, -0.15) is 0 Å². The van der Waals surface area contributed by atoms with E-state index >= 15 is 0 Å². The topological polar surface area (TPSA) is 94.6 Å². The summed E-state index contributed by atoms with van der Waals surface area (Å²) in [6.07, 6.45) is 3.10. The Bertz CT molecular complexity index is 740. The van der Waals surface area contributed by atoms with E-state index in [9.17, 15) is 14.4 Å². The SMILES string of the molecule is CC1CCN(Cc2csc(NC(=O)CCCN3C(=O)NC(C)(C)C3=O)n2)CC1. The van der Waals surface area contributed by atoms with Crippen LogP contribution < -0.4 is 10.6 Å². The Morgan fingerprint density at radius 2 is 2.07 bits per heavy atom. The number of piperidine rings is 1. The van der Waals surface area contributed by atoms with E-state index < -0.39 is 11.6 Å². The molecular formula is C19H29N5O3S. The molecule has 0 bridgehead atoms. The fourth-order valence-corrected chi connectivity index (χ4v) is 4.20. The summed E-state index contributed by atoms with van der Waals surface area (Å²) in [5, 5.41) is 8.04. The zero-order valence-corrected chi connectivity index (χ0v) is 17.6. The minimum atomic E-state index is -0.872. The number of rotatable bonds is 7. The van der Waals surface area contributed by atoms with E-state index in [1.54, 1.807) is 13.8 Å². The molecule has 2 N–H and O–H groups in total. The highest BCUT2D eigenvalue weighted by Crippen LogP contribution is 2.21. The molecule has 3 rings (SSSR count). The zero-order valence-electron chi connectivity index (χ0n) is 16.8. The van der Waals surface area contributed by atoms with Gasteiger partial charge in [0, 0.05) is 24.9 Å². The fraction of sp³-hybridized carbons (Fsp3) is 0.684. The van der Waals surface area contributed by atoms with Gasteiger partial charge in [-0.1, -0.05) is 6.92 Å². The van der Waals surface area contributed by atoms with Gasteiger partial charge in [-0.05, 0) is 52.1 Å². The second-order valence-corrected chi connectivity index (χ2v) is 9.12. The molecular weight excluding hydrogens is 378 g/mol. The van der Waals surface area contributed by atoms with E-state index in [1.807, 2.05) is 5.38 Å². The summed E-state index contributed by atoms with van der Waals surface area (Å²) in [6, 6.07) is -0.396. The lowest BCUT2D eigenvalue weighted by Crippen LogP contribution is -2.40. The Balaban J connectivity index is 1.40. The number of likely N-dealkylation sites (tertiary alicyclic amines) is 1. The molecule has 1 aromatic rings. The van der Waals surface area contributed by atoms with Crippen molar-refractivity contribution in [3.05, 3.63) is 11.1 Å². The number of thiazole rings is 1. The van der Waals surface area contributed by atoms with Gasteiger partial charge in [-0.15, -0.1) is 11.3 Å². The van der Waals surface area contributed by atoms with Gasteiger partial charge in [0.1, 0.15) is 5.54 Å². The van der Waals surface area contributed by atoms with Crippen molar-refractivity contribution in [1.29, 1.82) is 0 Å². The van der Waals surface area contributed by atoms with Crippen molar-refractivity contribution < 1.29 is 14.4 Å². The average Bonchev–Trinajstić information content (AvgIpc) is 3.13. The third-order valence-electron chi connectivity index (χ3n) is 5.29. The van der Waals surface area contributed by atoms with Crippen LogP contribution in [0.5, 0.6) is 0 Å². The molecule has 28 heavy (non-hydrogen) atoms. The number of nitrogens with one attached hydrogen (secondary N) is 2. The van der Waals surface area contributed by atoms with E-state index in [2.05, 4.69) is 27.4 Å². The van der Waals surface area contributed by atoms with E-state index in [-0.39, 0.29) is 24.8 Å². The van der Waals surface area contributed by atoms with Gasteiger partial charge in [-0.25, -0.2) is 9.78 Å². The molecule has 0 aliphatic carbocycles. The summed E-state index contributed by atoms with van der Waals surface area (Å²) in [5.74, 6) is 0.392. The van der Waals surface area contributed by atoms with Crippen LogP contribution in [-0.2, 0) is 16.1 Å². The predicted molar refractivity (Wildman–Crippen MR) is 108 cm³/mol. The molecule has 9 heteroatoms. The first kappa shape index (κ1) is 20.7. The maximum atomic E-state index is 12.2. The molecule has 0 unspecified atom stereocenters. The highest BCUT2D eigenvalue weighted by Gasteiger charge is 2.43. The van der Waals surface area contributed by atoms with Gasteiger partial charge in [0.15, 0.2) is 5.13 Å². The number of hydrogen-bond acceptors (Lipinski definition) is 6. The molecule has 1 aromatic heterocycles. The molecule has 2 aliphatic rings. The quantitative estimate of drug-likeness (QED) is 0.677. The Morgan fingerprint density at radius 3 is 2.71 bits per heavy atom. The Hall–Kier alpha value is -2.00. The maximum Gasteiger partial charge on any atom is 0.325 e. The van der Waals surface area contributed by atoms with Crippen LogP contribution >= 0.6 is 11.3 Å². The number of carbonyl (C=O) groups excluding carboxylic acids is 3. The Kier molecular flexibility index (Phi) is 6.34. The van der Waals surface area contributed by atoms with Crippen LogP contribution in [0.4, 0.5) is 9.93 Å². The van der Waals surface area contributed by atoms with Crippen LogP contribution in [0.1, 0.15) is 52.1 Å². The minimum absolute atomic E-state index is 0.154. The highest BCUT2D eigenvalue weighted by molar-refractivity contribution is 7.13. The summed E-state index contributed by atoms with van der Waals surface area (Å²) in [4.78, 5) is 44.2. The molecule has 2 aliphatic heterocycles. The second-order valence-electron chi connectivity index (χ2n) is 8.27. The van der Waals surface area contributed by atoms with Crippen LogP contribution in [-0.4, -0.2) is 57.8 Å². The molecule has 8 nitrogen and oxygen atoms in total. The summed E-state index contributed by atoms with van der Waals surface area (Å²) in [7, 11) is 0. The lowest BCUT2D eigenvalue weighted by atomic mass is 9.99. The maximum absolute atomic E-state index is 12.2. The fourth-order valence-electron chi connectivity index (χ4n) is 3.49. The summed E-state index contributed by atoms with van der Waals surface area (Å²) >= 11 is 1.43. The number of imide groups is 1. The highest BCUT2D eigenvalue weighted by atomic mass is 32.1. The Labute approximate surface area is 169 Å². The van der Waals surface area contributed by atoms with Crippen LogP contribution in [0.25, 0.3) is 0 Å². The van der Waals surface area contributed by atoms with E-state index in [0.29, 0.717) is 11.6 Å². The lowest BCUT2D eigenvalue weighted by Gasteiger charge is -2.29. The normalized spacial score (nSPS) is 20.5. The number of nitrogens with zero attached hydrogens (tertiary/aromatic N) is 3. The molecule has 0 radical (unpaired) electrons. The first-order valence-corrected chi connectivity index (χ1v) is 10.7.